The summed E-state index contributed by atoms with van der Waals surface area (Å²) in [5, 5.41) is 8.40. The van der Waals surface area contributed by atoms with Crippen LogP contribution in [-0.4, -0.2) is 12.9 Å². The Kier molecular flexibility index (Phi) is 6.56. The predicted octanol–water partition coefficient (Wildman–Crippen LogP) is 3.74. The molecule has 3 nitrogen and oxygen atoms in total. The Morgan fingerprint density at radius 3 is 2.67 bits per heavy atom. The second-order valence-corrected chi connectivity index (χ2v) is 4.20. The fourth-order valence-electron chi connectivity index (χ4n) is 1.85. The molecule has 0 amide bonds. The quantitative estimate of drug-likeness (QED) is 0.517. The molecule has 0 aliphatic rings. The van der Waals surface area contributed by atoms with Gasteiger partial charge in [-0.1, -0.05) is 25.0 Å². The molecular weight excluding hydrogens is 226 g/mol. The third-order valence-electron chi connectivity index (χ3n) is 2.85. The maximum atomic E-state index is 12.0. The van der Waals surface area contributed by atoms with E-state index in [1.807, 2.05) is 12.1 Å². The summed E-state index contributed by atoms with van der Waals surface area (Å²) in [6, 6.07) is 9.44. The molecule has 0 radical (unpaired) electrons. The molecule has 1 aromatic carbocycles. The molecule has 0 bridgehead atoms. The normalized spacial score (nSPS) is 9.78. The molecule has 0 saturated carbocycles. The number of ketones is 1. The highest BCUT2D eigenvalue weighted by atomic mass is 16.5. The minimum atomic E-state index is 0.132. The fourth-order valence-corrected chi connectivity index (χ4v) is 1.85. The first-order chi connectivity index (χ1) is 8.79. The number of carbonyl (C=O) groups excluding carboxylic acids is 1. The zero-order valence-electron chi connectivity index (χ0n) is 10.8. The number of Topliss-reactive ketones (excluding diaryl/α,β-unsaturated/α-hetero) is 1. The van der Waals surface area contributed by atoms with E-state index in [1.54, 1.807) is 19.2 Å². The number of carbonyl (C=O) groups is 1. The molecule has 1 rings (SSSR count). The van der Waals surface area contributed by atoms with E-state index in [0.29, 0.717) is 24.2 Å². The number of nitrogens with zero attached hydrogens (tertiary/aromatic N) is 1. The summed E-state index contributed by atoms with van der Waals surface area (Å²) in [6.45, 7) is 0. The lowest BCUT2D eigenvalue weighted by molar-refractivity contribution is 0.0976. The largest absolute Gasteiger partial charge is 0.496 e. The van der Waals surface area contributed by atoms with Crippen molar-refractivity contribution >= 4 is 5.78 Å². The summed E-state index contributed by atoms with van der Waals surface area (Å²) < 4.78 is 5.17. The summed E-state index contributed by atoms with van der Waals surface area (Å²) in [4.78, 5) is 12.0. The number of para-hydroxylation sites is 1. The van der Waals surface area contributed by atoms with E-state index in [4.69, 9.17) is 10.00 Å². The van der Waals surface area contributed by atoms with E-state index in [1.165, 1.54) is 0 Å². The van der Waals surface area contributed by atoms with Gasteiger partial charge in [-0.15, -0.1) is 0 Å². The average molecular weight is 245 g/mol. The van der Waals surface area contributed by atoms with Gasteiger partial charge in [0.25, 0.3) is 0 Å². The molecule has 3 heteroatoms. The SMILES string of the molecule is COc1ccccc1C(=O)CCCCCCC#N. The number of rotatable bonds is 8. The molecule has 0 atom stereocenters. The van der Waals surface area contributed by atoms with E-state index in [2.05, 4.69) is 6.07 Å². The molecule has 96 valence electrons. The van der Waals surface area contributed by atoms with Crippen molar-refractivity contribution in [2.45, 2.75) is 38.5 Å². The van der Waals surface area contributed by atoms with Crippen LogP contribution in [0.15, 0.2) is 24.3 Å². The smallest absolute Gasteiger partial charge is 0.166 e. The van der Waals surface area contributed by atoms with Gasteiger partial charge >= 0.3 is 0 Å². The first-order valence-corrected chi connectivity index (χ1v) is 6.32. The molecule has 0 aliphatic heterocycles. The molecule has 0 heterocycles. The molecular formula is C15H19NO2. The minimum Gasteiger partial charge on any atom is -0.496 e. The van der Waals surface area contributed by atoms with Crippen molar-refractivity contribution in [3.05, 3.63) is 29.8 Å². The van der Waals surface area contributed by atoms with Crippen LogP contribution in [0.4, 0.5) is 0 Å². The van der Waals surface area contributed by atoms with Crippen molar-refractivity contribution in [3.63, 3.8) is 0 Å². The summed E-state index contributed by atoms with van der Waals surface area (Å²) in [7, 11) is 1.58. The molecule has 1 aromatic rings. The van der Waals surface area contributed by atoms with Gasteiger partial charge in [-0.25, -0.2) is 0 Å². The van der Waals surface area contributed by atoms with Crippen molar-refractivity contribution in [1.29, 1.82) is 5.26 Å². The van der Waals surface area contributed by atoms with Gasteiger partial charge in [0.15, 0.2) is 5.78 Å². The standard InChI is InChI=1S/C15H19NO2/c1-18-15-11-7-6-9-13(15)14(17)10-5-3-2-4-8-12-16/h6-7,9,11H,2-5,8,10H2,1H3. The van der Waals surface area contributed by atoms with Crippen LogP contribution >= 0.6 is 0 Å². The molecule has 0 fully saturated rings. The summed E-state index contributed by atoms with van der Waals surface area (Å²) in [5.74, 6) is 0.778. The minimum absolute atomic E-state index is 0.132. The van der Waals surface area contributed by atoms with Crippen LogP contribution < -0.4 is 4.74 Å². The molecule has 0 aromatic heterocycles. The third-order valence-corrected chi connectivity index (χ3v) is 2.85. The van der Waals surface area contributed by atoms with Gasteiger partial charge in [0.05, 0.1) is 18.7 Å². The van der Waals surface area contributed by atoms with E-state index < -0.39 is 0 Å². The first kappa shape index (κ1) is 14.2. The zero-order chi connectivity index (χ0) is 13.2. The summed E-state index contributed by atoms with van der Waals surface area (Å²) in [6.07, 6.45) is 4.99. The Morgan fingerprint density at radius 2 is 1.94 bits per heavy atom. The lowest BCUT2D eigenvalue weighted by Crippen LogP contribution is -2.01. The molecule has 0 saturated heterocycles. The van der Waals surface area contributed by atoms with Gasteiger partial charge in [-0.2, -0.15) is 5.26 Å². The molecule has 0 N–H and O–H groups in total. The number of hydrogen-bond acceptors (Lipinski definition) is 3. The van der Waals surface area contributed by atoms with Crippen molar-refractivity contribution in [2.24, 2.45) is 0 Å². The topological polar surface area (TPSA) is 50.1 Å². The van der Waals surface area contributed by atoms with E-state index in [9.17, 15) is 4.79 Å². The van der Waals surface area contributed by atoms with E-state index in [0.717, 1.165) is 25.7 Å². The Labute approximate surface area is 108 Å². The van der Waals surface area contributed by atoms with Crippen LogP contribution in [0.25, 0.3) is 0 Å². The number of nitriles is 1. The number of ether oxygens (including phenoxy) is 1. The third kappa shape index (κ3) is 4.58. The summed E-state index contributed by atoms with van der Waals surface area (Å²) in [5.41, 5.74) is 0.664. The molecule has 0 unspecified atom stereocenters. The van der Waals surface area contributed by atoms with Crippen molar-refractivity contribution in [1.82, 2.24) is 0 Å². The maximum absolute atomic E-state index is 12.0. The number of hydrogen-bond donors (Lipinski definition) is 0. The van der Waals surface area contributed by atoms with Crippen LogP contribution in [0.2, 0.25) is 0 Å². The number of unbranched alkanes of at least 4 members (excludes halogenated alkanes) is 4. The van der Waals surface area contributed by atoms with Crippen molar-refractivity contribution in [2.75, 3.05) is 7.11 Å². The maximum Gasteiger partial charge on any atom is 0.166 e. The van der Waals surface area contributed by atoms with E-state index >= 15 is 0 Å². The lowest BCUT2D eigenvalue weighted by atomic mass is 10.0. The first-order valence-electron chi connectivity index (χ1n) is 6.32. The highest BCUT2D eigenvalue weighted by Gasteiger charge is 2.10. The monoisotopic (exact) mass is 245 g/mol. The second kappa shape index (κ2) is 8.30. The molecule has 0 aliphatic carbocycles. The Bertz CT molecular complexity index is 421. The van der Waals surface area contributed by atoms with Gasteiger partial charge in [0, 0.05) is 12.8 Å². The number of benzene rings is 1. The van der Waals surface area contributed by atoms with Crippen molar-refractivity contribution < 1.29 is 9.53 Å². The number of methoxy groups -OCH3 is 1. The van der Waals surface area contributed by atoms with Gasteiger partial charge in [-0.05, 0) is 25.0 Å². The Balaban J connectivity index is 2.34. The highest BCUT2D eigenvalue weighted by Crippen LogP contribution is 2.20. The van der Waals surface area contributed by atoms with Gasteiger partial charge in [0.1, 0.15) is 5.75 Å². The van der Waals surface area contributed by atoms with Crippen LogP contribution in [-0.2, 0) is 0 Å². The fraction of sp³-hybridized carbons (Fsp3) is 0.467. The Morgan fingerprint density at radius 1 is 1.22 bits per heavy atom. The predicted molar refractivity (Wildman–Crippen MR) is 70.6 cm³/mol. The van der Waals surface area contributed by atoms with Gasteiger partial charge in [-0.3, -0.25) is 4.79 Å². The van der Waals surface area contributed by atoms with Crippen LogP contribution in [0, 0.1) is 11.3 Å². The van der Waals surface area contributed by atoms with Crippen LogP contribution in [0.3, 0.4) is 0 Å². The van der Waals surface area contributed by atoms with Gasteiger partial charge in [0.2, 0.25) is 0 Å². The highest BCUT2D eigenvalue weighted by molar-refractivity contribution is 5.98. The van der Waals surface area contributed by atoms with Gasteiger partial charge < -0.3 is 4.74 Å². The average Bonchev–Trinajstić information content (AvgIpc) is 2.42. The van der Waals surface area contributed by atoms with Crippen molar-refractivity contribution in [3.8, 4) is 11.8 Å². The molecule has 18 heavy (non-hydrogen) atoms. The summed E-state index contributed by atoms with van der Waals surface area (Å²) >= 11 is 0. The second-order valence-electron chi connectivity index (χ2n) is 4.20. The lowest BCUT2D eigenvalue weighted by Gasteiger charge is -2.06. The Hall–Kier alpha value is -1.82. The zero-order valence-corrected chi connectivity index (χ0v) is 10.8. The van der Waals surface area contributed by atoms with E-state index in [-0.39, 0.29) is 5.78 Å². The van der Waals surface area contributed by atoms with Crippen LogP contribution in [0.5, 0.6) is 5.75 Å². The van der Waals surface area contributed by atoms with Crippen LogP contribution in [0.1, 0.15) is 48.9 Å². The molecule has 0 spiro atoms.